The average molecular weight is 336 g/mol. The fourth-order valence-corrected chi connectivity index (χ4v) is 4.03. The van der Waals surface area contributed by atoms with Gasteiger partial charge in [-0.15, -0.1) is 0 Å². The molecular weight excluding hydrogens is 312 g/mol. The quantitative estimate of drug-likeness (QED) is 0.863. The van der Waals surface area contributed by atoms with Crippen molar-refractivity contribution >= 4 is 11.6 Å². The SMILES string of the molecule is COc1cccc(N2CCN(C(=O)C3CCc4ccccc43)CC2)c1. The molecule has 25 heavy (non-hydrogen) atoms. The number of aryl methyl sites for hydroxylation is 1. The summed E-state index contributed by atoms with van der Waals surface area (Å²) < 4.78 is 5.31. The summed E-state index contributed by atoms with van der Waals surface area (Å²) in [7, 11) is 1.69. The third-order valence-corrected chi connectivity index (χ3v) is 5.44. The first-order chi connectivity index (χ1) is 12.3. The predicted octanol–water partition coefficient (Wildman–Crippen LogP) is 3.07. The Labute approximate surface area is 149 Å². The molecule has 1 saturated heterocycles. The number of rotatable bonds is 3. The van der Waals surface area contributed by atoms with Gasteiger partial charge >= 0.3 is 0 Å². The third-order valence-electron chi connectivity index (χ3n) is 5.44. The van der Waals surface area contributed by atoms with Crippen molar-refractivity contribution in [1.29, 1.82) is 0 Å². The first-order valence-corrected chi connectivity index (χ1v) is 9.02. The van der Waals surface area contributed by atoms with E-state index in [9.17, 15) is 4.79 Å². The molecular formula is C21H24N2O2. The average Bonchev–Trinajstić information content (AvgIpc) is 3.12. The molecule has 130 valence electrons. The number of benzene rings is 2. The highest BCUT2D eigenvalue weighted by Crippen LogP contribution is 2.34. The van der Waals surface area contributed by atoms with Crippen molar-refractivity contribution < 1.29 is 9.53 Å². The van der Waals surface area contributed by atoms with Crippen LogP contribution in [0.3, 0.4) is 0 Å². The van der Waals surface area contributed by atoms with Crippen LogP contribution in [0.4, 0.5) is 5.69 Å². The second-order valence-corrected chi connectivity index (χ2v) is 6.80. The normalized spacial score (nSPS) is 19.6. The number of fused-ring (bicyclic) bond motifs is 1. The Kier molecular flexibility index (Phi) is 4.35. The molecule has 1 heterocycles. The summed E-state index contributed by atoms with van der Waals surface area (Å²) in [6.07, 6.45) is 1.98. The van der Waals surface area contributed by atoms with Gasteiger partial charge in [0.05, 0.1) is 13.0 Å². The first-order valence-electron chi connectivity index (χ1n) is 9.02. The molecule has 1 aliphatic carbocycles. The highest BCUT2D eigenvalue weighted by Gasteiger charge is 2.32. The highest BCUT2D eigenvalue weighted by atomic mass is 16.5. The van der Waals surface area contributed by atoms with E-state index < -0.39 is 0 Å². The number of piperazine rings is 1. The van der Waals surface area contributed by atoms with Crippen LogP contribution < -0.4 is 9.64 Å². The Morgan fingerprint density at radius 1 is 1.04 bits per heavy atom. The molecule has 4 nitrogen and oxygen atoms in total. The molecule has 0 bridgehead atoms. The Morgan fingerprint density at radius 2 is 1.84 bits per heavy atom. The fraction of sp³-hybridized carbons (Fsp3) is 0.381. The van der Waals surface area contributed by atoms with E-state index >= 15 is 0 Å². The number of amides is 1. The van der Waals surface area contributed by atoms with Gasteiger partial charge in [0.25, 0.3) is 0 Å². The minimum atomic E-state index is 0.0552. The van der Waals surface area contributed by atoms with Crippen molar-refractivity contribution in [2.24, 2.45) is 0 Å². The van der Waals surface area contributed by atoms with Crippen LogP contribution >= 0.6 is 0 Å². The monoisotopic (exact) mass is 336 g/mol. The van der Waals surface area contributed by atoms with Crippen LogP contribution in [0.2, 0.25) is 0 Å². The van der Waals surface area contributed by atoms with E-state index in [0.29, 0.717) is 5.91 Å². The van der Waals surface area contributed by atoms with Crippen LogP contribution in [0.15, 0.2) is 48.5 Å². The lowest BCUT2D eigenvalue weighted by Crippen LogP contribution is -2.49. The van der Waals surface area contributed by atoms with Crippen LogP contribution in [0, 0.1) is 0 Å². The largest absolute Gasteiger partial charge is 0.497 e. The maximum atomic E-state index is 13.0. The number of ether oxygens (including phenoxy) is 1. The van der Waals surface area contributed by atoms with Gasteiger partial charge in [-0.2, -0.15) is 0 Å². The Balaban J connectivity index is 1.41. The maximum Gasteiger partial charge on any atom is 0.230 e. The Bertz CT molecular complexity index is 766. The van der Waals surface area contributed by atoms with E-state index in [2.05, 4.69) is 35.2 Å². The zero-order valence-electron chi connectivity index (χ0n) is 14.6. The predicted molar refractivity (Wildman–Crippen MR) is 99.3 cm³/mol. The molecule has 0 N–H and O–H groups in total. The van der Waals surface area contributed by atoms with Crippen LogP contribution in [-0.2, 0) is 11.2 Å². The van der Waals surface area contributed by atoms with Gasteiger partial charge < -0.3 is 14.5 Å². The highest BCUT2D eigenvalue weighted by molar-refractivity contribution is 5.85. The van der Waals surface area contributed by atoms with Crippen LogP contribution in [0.1, 0.15) is 23.5 Å². The van der Waals surface area contributed by atoms with Crippen molar-refractivity contribution in [3.05, 3.63) is 59.7 Å². The summed E-state index contributed by atoms with van der Waals surface area (Å²) in [5, 5.41) is 0. The lowest BCUT2D eigenvalue weighted by atomic mass is 9.99. The van der Waals surface area contributed by atoms with Crippen LogP contribution in [0.5, 0.6) is 5.75 Å². The van der Waals surface area contributed by atoms with E-state index in [0.717, 1.165) is 50.5 Å². The molecule has 4 heteroatoms. The lowest BCUT2D eigenvalue weighted by Gasteiger charge is -2.37. The number of anilines is 1. The van der Waals surface area contributed by atoms with Gasteiger partial charge in [-0.1, -0.05) is 30.3 Å². The number of carbonyl (C=O) groups is 1. The van der Waals surface area contributed by atoms with E-state index in [1.54, 1.807) is 7.11 Å². The van der Waals surface area contributed by atoms with E-state index in [1.807, 2.05) is 23.1 Å². The van der Waals surface area contributed by atoms with Gasteiger partial charge in [0.2, 0.25) is 5.91 Å². The van der Waals surface area contributed by atoms with Gasteiger partial charge in [-0.25, -0.2) is 0 Å². The second-order valence-electron chi connectivity index (χ2n) is 6.80. The number of methoxy groups -OCH3 is 1. The van der Waals surface area contributed by atoms with Gasteiger partial charge in [0.1, 0.15) is 5.75 Å². The molecule has 1 unspecified atom stereocenters. The number of carbonyl (C=O) groups excluding carboxylic acids is 1. The molecule has 0 radical (unpaired) electrons. The summed E-state index contributed by atoms with van der Waals surface area (Å²) >= 11 is 0. The zero-order valence-corrected chi connectivity index (χ0v) is 14.6. The molecule has 2 aromatic rings. The molecule has 1 fully saturated rings. The lowest BCUT2D eigenvalue weighted by molar-refractivity contribution is -0.133. The number of nitrogens with zero attached hydrogens (tertiary/aromatic N) is 2. The van der Waals surface area contributed by atoms with Crippen molar-refractivity contribution in [1.82, 2.24) is 4.90 Å². The van der Waals surface area contributed by atoms with Crippen molar-refractivity contribution in [2.45, 2.75) is 18.8 Å². The summed E-state index contributed by atoms with van der Waals surface area (Å²) in [6.45, 7) is 3.31. The summed E-state index contributed by atoms with van der Waals surface area (Å²) in [6, 6.07) is 16.5. The van der Waals surface area contributed by atoms with Crippen LogP contribution in [0.25, 0.3) is 0 Å². The maximum absolute atomic E-state index is 13.0. The Morgan fingerprint density at radius 3 is 2.64 bits per heavy atom. The first kappa shape index (κ1) is 16.0. The molecule has 1 atom stereocenters. The van der Waals surface area contributed by atoms with Crippen molar-refractivity contribution in [3.8, 4) is 5.75 Å². The van der Waals surface area contributed by atoms with E-state index in [1.165, 1.54) is 11.1 Å². The minimum Gasteiger partial charge on any atom is -0.497 e. The summed E-state index contributed by atoms with van der Waals surface area (Å²) in [5.74, 6) is 1.23. The van der Waals surface area contributed by atoms with Crippen molar-refractivity contribution in [3.63, 3.8) is 0 Å². The summed E-state index contributed by atoms with van der Waals surface area (Å²) in [4.78, 5) is 17.4. The standard InChI is InChI=1S/C21H24N2O2/c1-25-18-7-4-6-17(15-18)22-11-13-23(14-12-22)21(24)20-10-9-16-5-2-3-8-19(16)20/h2-8,15,20H,9-14H2,1H3. The van der Waals surface area contributed by atoms with Gasteiger partial charge in [-0.05, 0) is 36.1 Å². The summed E-state index contributed by atoms with van der Waals surface area (Å²) in [5.41, 5.74) is 3.75. The molecule has 2 aliphatic rings. The molecule has 2 aromatic carbocycles. The molecule has 4 rings (SSSR count). The Hall–Kier alpha value is -2.49. The van der Waals surface area contributed by atoms with Crippen LogP contribution in [-0.4, -0.2) is 44.1 Å². The second kappa shape index (κ2) is 6.79. The van der Waals surface area contributed by atoms with Gasteiger partial charge in [0.15, 0.2) is 0 Å². The van der Waals surface area contributed by atoms with E-state index in [4.69, 9.17) is 4.74 Å². The van der Waals surface area contributed by atoms with Crippen molar-refractivity contribution in [2.75, 3.05) is 38.2 Å². The van der Waals surface area contributed by atoms with E-state index in [-0.39, 0.29) is 5.92 Å². The van der Waals surface area contributed by atoms with Gasteiger partial charge in [-0.3, -0.25) is 4.79 Å². The fourth-order valence-electron chi connectivity index (χ4n) is 4.03. The minimum absolute atomic E-state index is 0.0552. The molecule has 0 aromatic heterocycles. The third kappa shape index (κ3) is 3.09. The zero-order chi connectivity index (χ0) is 17.2. The number of hydrogen-bond acceptors (Lipinski definition) is 3. The molecule has 0 saturated carbocycles. The molecule has 0 spiro atoms. The topological polar surface area (TPSA) is 32.8 Å². The van der Waals surface area contributed by atoms with Gasteiger partial charge in [0, 0.05) is 37.9 Å². The number of hydrogen-bond donors (Lipinski definition) is 0. The molecule has 1 aliphatic heterocycles. The molecule has 1 amide bonds. The smallest absolute Gasteiger partial charge is 0.230 e.